The van der Waals surface area contributed by atoms with Crippen LogP contribution in [-0.4, -0.2) is 18.1 Å². The zero-order chi connectivity index (χ0) is 25.4. The Morgan fingerprint density at radius 1 is 0.424 bits per heavy atom. The molecule has 3 heteroatoms. The van der Waals surface area contributed by atoms with Crippen molar-refractivity contribution >= 4 is 25.4 Å². The summed E-state index contributed by atoms with van der Waals surface area (Å²) in [5.41, 5.74) is 6.44. The number of hydrogen-bond donors (Lipinski definition) is 0. The molecule has 0 spiro atoms. The predicted octanol–water partition coefficient (Wildman–Crippen LogP) is 7.84. The summed E-state index contributed by atoms with van der Waals surface area (Å²) in [7, 11) is 0. The first-order valence-corrected chi connectivity index (χ1v) is 16.9. The molecule has 184 valence electrons. The van der Waals surface area contributed by atoms with E-state index in [9.17, 15) is 6.21 Å². The molecule has 0 aliphatic rings. The zero-order valence-electron chi connectivity index (χ0n) is 23.0. The summed E-state index contributed by atoms with van der Waals surface area (Å²) >= 11 is -5.21. The van der Waals surface area contributed by atoms with E-state index in [1.807, 2.05) is 0 Å². The Kier molecular flexibility index (Phi) is 9.03. The molecular formula is C30H46O2Te. The predicted molar refractivity (Wildman–Crippen MR) is 144 cm³/mol. The molecule has 2 nitrogen and oxygen atoms in total. The molecule has 0 heterocycles. The Bertz CT molecular complexity index is 945. The third kappa shape index (κ3) is 5.74. The molecule has 33 heavy (non-hydrogen) atoms. The molecule has 0 unspecified atom stereocenters. The fourth-order valence-electron chi connectivity index (χ4n) is 4.50. The quantitative estimate of drug-likeness (QED) is 0.305. The van der Waals surface area contributed by atoms with Gasteiger partial charge in [-0.2, -0.15) is 0 Å². The molecule has 0 radical (unpaired) electrons. The zero-order valence-corrected chi connectivity index (χ0v) is 25.3. The molecule has 0 aliphatic carbocycles. The van der Waals surface area contributed by atoms with Gasteiger partial charge in [0.25, 0.3) is 0 Å². The molecule has 2 rings (SSSR count). The van der Waals surface area contributed by atoms with Gasteiger partial charge in [0.05, 0.1) is 0 Å². The van der Waals surface area contributed by atoms with E-state index in [4.69, 9.17) is 0 Å². The van der Waals surface area contributed by atoms with Gasteiger partial charge < -0.3 is 0 Å². The molecule has 0 atom stereocenters. The Labute approximate surface area is 207 Å². The molecule has 0 amide bonds. The van der Waals surface area contributed by atoms with Gasteiger partial charge in [-0.15, -0.1) is 0 Å². The number of hydrogen-bond acceptors (Lipinski definition) is 2. The van der Waals surface area contributed by atoms with Crippen molar-refractivity contribution in [3.05, 3.63) is 57.6 Å². The van der Waals surface area contributed by atoms with Crippen molar-refractivity contribution in [3.63, 3.8) is 0 Å². The topological polar surface area (TPSA) is 34.1 Å². The van der Waals surface area contributed by atoms with E-state index in [0.29, 0.717) is 19.1 Å². The molecule has 0 bridgehead atoms. The number of rotatable bonds is 8. The Morgan fingerprint density at radius 2 is 0.636 bits per heavy atom. The second-order valence-corrected chi connectivity index (χ2v) is 16.7. The molecule has 0 saturated heterocycles. The SMILES string of the molecule is CC(C)c1cc(C(C)C)c([Te](=O)(=O)c2c(C(C)C)cc(C(C)C)cc2C(C)C)c(C(C)C)c1. The van der Waals surface area contributed by atoms with Crippen molar-refractivity contribution < 1.29 is 6.21 Å². The van der Waals surface area contributed by atoms with Crippen molar-refractivity contribution in [1.82, 2.24) is 0 Å². The van der Waals surface area contributed by atoms with Gasteiger partial charge in [-0.1, -0.05) is 0 Å². The number of benzene rings is 2. The van der Waals surface area contributed by atoms with Gasteiger partial charge in [0.15, 0.2) is 0 Å². The molecule has 0 aromatic heterocycles. The maximum atomic E-state index is 14.8. The van der Waals surface area contributed by atoms with Gasteiger partial charge in [0.1, 0.15) is 0 Å². The first kappa shape index (κ1) is 28.1. The molecule has 0 saturated carbocycles. The fraction of sp³-hybridized carbons (Fsp3) is 0.600. The van der Waals surface area contributed by atoms with E-state index >= 15 is 0 Å². The summed E-state index contributed by atoms with van der Waals surface area (Å²) < 4.78 is 30.9. The van der Waals surface area contributed by atoms with Gasteiger partial charge in [0, 0.05) is 0 Å². The first-order chi connectivity index (χ1) is 15.1. The van der Waals surface area contributed by atoms with Crippen LogP contribution < -0.4 is 7.22 Å². The van der Waals surface area contributed by atoms with Crippen molar-refractivity contribution in [1.29, 1.82) is 0 Å². The summed E-state index contributed by atoms with van der Waals surface area (Å²) in [6, 6.07) is 8.66. The van der Waals surface area contributed by atoms with Crippen LogP contribution in [0.5, 0.6) is 0 Å². The van der Waals surface area contributed by atoms with E-state index in [0.717, 1.165) is 22.3 Å². The van der Waals surface area contributed by atoms with Gasteiger partial charge >= 0.3 is 208 Å². The van der Waals surface area contributed by atoms with Gasteiger partial charge in [0.2, 0.25) is 0 Å². The van der Waals surface area contributed by atoms with E-state index in [1.165, 1.54) is 11.1 Å². The average molecular weight is 566 g/mol. The second-order valence-electron chi connectivity index (χ2n) is 11.5. The molecular weight excluding hydrogens is 520 g/mol. The summed E-state index contributed by atoms with van der Waals surface area (Å²) in [5.74, 6) is 1.29. The molecule has 2 aromatic carbocycles. The van der Waals surface area contributed by atoms with Crippen LogP contribution in [0.3, 0.4) is 0 Å². The van der Waals surface area contributed by atoms with Crippen LogP contribution in [0, 0.1) is 0 Å². The molecule has 0 N–H and O–H groups in total. The van der Waals surface area contributed by atoms with Crippen LogP contribution in [0.25, 0.3) is 0 Å². The summed E-state index contributed by atoms with van der Waals surface area (Å²) in [5, 5.41) is 0. The van der Waals surface area contributed by atoms with Crippen LogP contribution in [0.2, 0.25) is 0 Å². The van der Waals surface area contributed by atoms with Crippen LogP contribution in [0.15, 0.2) is 24.3 Å². The van der Waals surface area contributed by atoms with Crippen molar-refractivity contribution in [2.24, 2.45) is 0 Å². The van der Waals surface area contributed by atoms with Gasteiger partial charge in [-0.3, -0.25) is 0 Å². The van der Waals surface area contributed by atoms with Gasteiger partial charge in [-0.25, -0.2) is 0 Å². The molecule has 0 aliphatic heterocycles. The normalized spacial score (nSPS) is 12.9. The van der Waals surface area contributed by atoms with E-state index < -0.39 is 18.1 Å². The van der Waals surface area contributed by atoms with Crippen molar-refractivity contribution in [2.75, 3.05) is 0 Å². The Hall–Kier alpha value is -1.17. The van der Waals surface area contributed by atoms with Crippen LogP contribution in [0.4, 0.5) is 0 Å². The third-order valence-corrected chi connectivity index (χ3v) is 12.5. The fourth-order valence-corrected chi connectivity index (χ4v) is 12.0. The molecule has 0 fully saturated rings. The monoisotopic (exact) mass is 568 g/mol. The minimum atomic E-state index is -5.21. The van der Waals surface area contributed by atoms with E-state index in [-0.39, 0.29) is 23.7 Å². The van der Waals surface area contributed by atoms with Crippen LogP contribution >= 0.6 is 0 Å². The van der Waals surface area contributed by atoms with Crippen molar-refractivity contribution in [3.8, 4) is 0 Å². The third-order valence-electron chi connectivity index (χ3n) is 6.70. The summed E-state index contributed by atoms with van der Waals surface area (Å²) in [6.45, 7) is 25.7. The Balaban J connectivity index is 3.10. The summed E-state index contributed by atoms with van der Waals surface area (Å²) in [6.07, 6.45) is 0. The van der Waals surface area contributed by atoms with Crippen LogP contribution in [0.1, 0.15) is 152 Å². The summed E-state index contributed by atoms with van der Waals surface area (Å²) in [4.78, 5) is 0. The van der Waals surface area contributed by atoms with Gasteiger partial charge in [-0.05, 0) is 0 Å². The minimum absolute atomic E-state index is 0.143. The van der Waals surface area contributed by atoms with Crippen LogP contribution in [-0.2, 0) is 6.21 Å². The standard InChI is InChI=1S/C30H46O2Te/c1-17(2)23-13-25(19(5)6)29(26(14-23)20(7)8)33(31,32)30-27(21(9)10)15-24(18(3)4)16-28(30)22(11)12/h13-22H,1-12H3. The average Bonchev–Trinajstić information content (AvgIpc) is 2.71. The van der Waals surface area contributed by atoms with E-state index in [2.05, 4.69) is 107 Å². The Morgan fingerprint density at radius 3 is 0.788 bits per heavy atom. The molecule has 2 aromatic rings. The second kappa shape index (κ2) is 10.6. The maximum absolute atomic E-state index is 14.8. The van der Waals surface area contributed by atoms with Crippen molar-refractivity contribution in [2.45, 2.75) is 119 Å². The van der Waals surface area contributed by atoms with E-state index in [1.54, 1.807) is 0 Å². The first-order valence-electron chi connectivity index (χ1n) is 12.7.